The molecule has 3 rings (SSSR count). The molecule has 0 heterocycles. The van der Waals surface area contributed by atoms with Gasteiger partial charge in [-0.1, -0.05) is 31.5 Å². The van der Waals surface area contributed by atoms with Crippen molar-refractivity contribution in [3.05, 3.63) is 59.9 Å². The number of rotatable bonds is 6. The number of nitrogens with one attached hydrogen (secondary N) is 2. The van der Waals surface area contributed by atoms with E-state index in [9.17, 15) is 14.0 Å². The topological polar surface area (TPSA) is 58.2 Å². The molecule has 0 bridgehead atoms. The summed E-state index contributed by atoms with van der Waals surface area (Å²) in [7, 11) is 0. The fourth-order valence-corrected chi connectivity index (χ4v) is 3.34. The first-order valence-corrected chi connectivity index (χ1v) is 9.01. The van der Waals surface area contributed by atoms with Crippen LogP contribution in [-0.4, -0.2) is 11.8 Å². The van der Waals surface area contributed by atoms with Crippen molar-refractivity contribution >= 4 is 23.2 Å². The second-order valence-electron chi connectivity index (χ2n) is 6.78. The highest BCUT2D eigenvalue weighted by atomic mass is 19.1. The van der Waals surface area contributed by atoms with Gasteiger partial charge in [-0.3, -0.25) is 9.59 Å². The van der Waals surface area contributed by atoms with Crippen molar-refractivity contribution < 1.29 is 14.0 Å². The van der Waals surface area contributed by atoms with Crippen LogP contribution in [0.3, 0.4) is 0 Å². The zero-order valence-electron chi connectivity index (χ0n) is 14.8. The summed E-state index contributed by atoms with van der Waals surface area (Å²) in [6.45, 7) is 1.95. The Balaban J connectivity index is 1.76. The quantitative estimate of drug-likeness (QED) is 0.795. The lowest BCUT2D eigenvalue weighted by molar-refractivity contribution is -0.124. The van der Waals surface area contributed by atoms with Crippen molar-refractivity contribution in [1.29, 1.82) is 0 Å². The van der Waals surface area contributed by atoms with E-state index in [1.807, 2.05) is 13.0 Å². The smallest absolute Gasteiger partial charge is 0.235 e. The fourth-order valence-electron chi connectivity index (χ4n) is 3.34. The molecule has 5 heteroatoms. The molecule has 4 nitrogen and oxygen atoms in total. The number of amides is 2. The molecule has 136 valence electrons. The standard InChI is InChI=1S/C21H23FN2O2/c1-2-6-19(25)23-17-9-4-10-18(14-17)24-20(26)21(11-5-12-21)15-7-3-8-16(22)13-15/h3-4,7-10,13-14H,2,5-6,11-12H2,1H3,(H,23,25)(H,24,26). The van der Waals surface area contributed by atoms with E-state index in [0.29, 0.717) is 36.2 Å². The van der Waals surface area contributed by atoms with Crippen LogP contribution in [0.5, 0.6) is 0 Å². The Morgan fingerprint density at radius 3 is 2.35 bits per heavy atom. The van der Waals surface area contributed by atoms with Gasteiger partial charge in [-0.2, -0.15) is 0 Å². The van der Waals surface area contributed by atoms with E-state index < -0.39 is 5.41 Å². The molecule has 0 radical (unpaired) electrons. The maximum atomic E-state index is 13.6. The van der Waals surface area contributed by atoms with E-state index in [4.69, 9.17) is 0 Å². The maximum absolute atomic E-state index is 13.6. The normalized spacial score (nSPS) is 15.0. The minimum absolute atomic E-state index is 0.0498. The molecule has 1 aliphatic carbocycles. The zero-order chi connectivity index (χ0) is 18.6. The van der Waals surface area contributed by atoms with Crippen LogP contribution in [0.2, 0.25) is 0 Å². The van der Waals surface area contributed by atoms with Crippen LogP contribution in [0.25, 0.3) is 0 Å². The minimum Gasteiger partial charge on any atom is -0.326 e. The average molecular weight is 354 g/mol. The Hall–Kier alpha value is -2.69. The molecule has 26 heavy (non-hydrogen) atoms. The number of carbonyl (C=O) groups excluding carboxylic acids is 2. The summed E-state index contributed by atoms with van der Waals surface area (Å²) in [5.41, 5.74) is 1.30. The first-order valence-electron chi connectivity index (χ1n) is 9.01. The Morgan fingerprint density at radius 1 is 1.04 bits per heavy atom. The van der Waals surface area contributed by atoms with Gasteiger partial charge in [0.05, 0.1) is 5.41 Å². The summed E-state index contributed by atoms with van der Waals surface area (Å²) >= 11 is 0. The molecular weight excluding hydrogens is 331 g/mol. The number of hydrogen-bond acceptors (Lipinski definition) is 2. The second kappa shape index (κ2) is 7.68. The third-order valence-electron chi connectivity index (χ3n) is 4.90. The molecule has 0 aromatic heterocycles. The van der Waals surface area contributed by atoms with Gasteiger partial charge in [-0.15, -0.1) is 0 Å². The summed E-state index contributed by atoms with van der Waals surface area (Å²) in [6.07, 6.45) is 3.58. The van der Waals surface area contributed by atoms with Gasteiger partial charge in [-0.25, -0.2) is 4.39 Å². The van der Waals surface area contributed by atoms with E-state index in [0.717, 1.165) is 12.8 Å². The van der Waals surface area contributed by atoms with Gasteiger partial charge in [0.2, 0.25) is 11.8 Å². The van der Waals surface area contributed by atoms with Crippen LogP contribution >= 0.6 is 0 Å². The first kappa shape index (κ1) is 18.1. The first-order chi connectivity index (χ1) is 12.5. The zero-order valence-corrected chi connectivity index (χ0v) is 14.8. The van der Waals surface area contributed by atoms with Gasteiger partial charge >= 0.3 is 0 Å². The molecule has 0 aliphatic heterocycles. The lowest BCUT2D eigenvalue weighted by Crippen LogP contribution is -2.46. The van der Waals surface area contributed by atoms with Crippen molar-refractivity contribution in [3.63, 3.8) is 0 Å². The largest absolute Gasteiger partial charge is 0.326 e. The predicted octanol–water partition coefficient (Wildman–Crippen LogP) is 4.62. The number of anilines is 2. The van der Waals surface area contributed by atoms with Crippen LogP contribution in [0.1, 0.15) is 44.6 Å². The number of carbonyl (C=O) groups is 2. The number of hydrogen-bond donors (Lipinski definition) is 2. The Kier molecular flexibility index (Phi) is 5.35. The van der Waals surface area contributed by atoms with Crippen LogP contribution < -0.4 is 10.6 Å². The van der Waals surface area contributed by atoms with Gasteiger partial charge in [0.15, 0.2) is 0 Å². The van der Waals surface area contributed by atoms with Crippen LogP contribution in [-0.2, 0) is 15.0 Å². The fraction of sp³-hybridized carbons (Fsp3) is 0.333. The van der Waals surface area contributed by atoms with Crippen molar-refractivity contribution in [2.75, 3.05) is 10.6 Å². The third kappa shape index (κ3) is 3.77. The SMILES string of the molecule is CCCC(=O)Nc1cccc(NC(=O)C2(c3cccc(F)c3)CCC2)c1. The molecule has 1 fully saturated rings. The molecule has 1 saturated carbocycles. The average Bonchev–Trinajstić information content (AvgIpc) is 2.54. The van der Waals surface area contributed by atoms with E-state index in [1.165, 1.54) is 12.1 Å². The summed E-state index contributed by atoms with van der Waals surface area (Å²) in [5, 5.41) is 5.76. The predicted molar refractivity (Wildman–Crippen MR) is 101 cm³/mol. The molecule has 1 aliphatic rings. The highest BCUT2D eigenvalue weighted by Crippen LogP contribution is 2.44. The van der Waals surface area contributed by atoms with Crippen molar-refractivity contribution in [3.8, 4) is 0 Å². The Morgan fingerprint density at radius 2 is 1.73 bits per heavy atom. The van der Waals surface area contributed by atoms with Gasteiger partial charge in [0, 0.05) is 17.8 Å². The monoisotopic (exact) mass is 354 g/mol. The Bertz CT molecular complexity index is 815. The van der Waals surface area contributed by atoms with Gasteiger partial charge in [-0.05, 0) is 55.2 Å². The van der Waals surface area contributed by atoms with Crippen molar-refractivity contribution in [1.82, 2.24) is 0 Å². The molecule has 0 atom stereocenters. The molecule has 2 N–H and O–H groups in total. The molecule has 2 aromatic rings. The summed E-state index contributed by atoms with van der Waals surface area (Å²) in [6, 6.07) is 13.4. The van der Waals surface area contributed by atoms with Gasteiger partial charge in [0.25, 0.3) is 0 Å². The van der Waals surface area contributed by atoms with Gasteiger partial charge < -0.3 is 10.6 Å². The molecular formula is C21H23FN2O2. The second-order valence-corrected chi connectivity index (χ2v) is 6.78. The maximum Gasteiger partial charge on any atom is 0.235 e. The van der Waals surface area contributed by atoms with E-state index in [-0.39, 0.29) is 17.6 Å². The lowest BCUT2D eigenvalue weighted by atomic mass is 9.63. The highest BCUT2D eigenvalue weighted by molar-refractivity contribution is 6.00. The highest BCUT2D eigenvalue weighted by Gasteiger charge is 2.45. The lowest BCUT2D eigenvalue weighted by Gasteiger charge is -2.40. The van der Waals surface area contributed by atoms with Crippen molar-refractivity contribution in [2.24, 2.45) is 0 Å². The molecule has 0 unspecified atom stereocenters. The molecule has 0 saturated heterocycles. The van der Waals surface area contributed by atoms with Crippen molar-refractivity contribution in [2.45, 2.75) is 44.4 Å². The molecule has 2 aromatic carbocycles. The molecule has 2 amide bonds. The van der Waals surface area contributed by atoms with E-state index in [1.54, 1.807) is 30.3 Å². The summed E-state index contributed by atoms with van der Waals surface area (Å²) in [5.74, 6) is -0.514. The summed E-state index contributed by atoms with van der Waals surface area (Å²) in [4.78, 5) is 24.7. The number of benzene rings is 2. The van der Waals surface area contributed by atoms with E-state index >= 15 is 0 Å². The van der Waals surface area contributed by atoms with Crippen LogP contribution in [0, 0.1) is 5.82 Å². The Labute approximate surface area is 152 Å². The minimum atomic E-state index is -0.677. The molecule has 0 spiro atoms. The summed E-state index contributed by atoms with van der Waals surface area (Å²) < 4.78 is 13.6. The van der Waals surface area contributed by atoms with Crippen LogP contribution in [0.4, 0.5) is 15.8 Å². The van der Waals surface area contributed by atoms with E-state index in [2.05, 4.69) is 10.6 Å². The van der Waals surface area contributed by atoms with Gasteiger partial charge in [0.1, 0.15) is 5.82 Å². The van der Waals surface area contributed by atoms with Crippen LogP contribution in [0.15, 0.2) is 48.5 Å². The third-order valence-corrected chi connectivity index (χ3v) is 4.90. The number of halogens is 1.